The van der Waals surface area contributed by atoms with Crippen molar-refractivity contribution in [1.82, 2.24) is 9.78 Å². The molecule has 0 saturated heterocycles. The lowest BCUT2D eigenvalue weighted by atomic mass is 9.92. The molecule has 0 aromatic carbocycles. The minimum absolute atomic E-state index is 0.406. The van der Waals surface area contributed by atoms with Crippen LogP contribution < -0.4 is 5.73 Å². The summed E-state index contributed by atoms with van der Waals surface area (Å²) >= 11 is 0. The third-order valence-corrected chi connectivity index (χ3v) is 3.53. The van der Waals surface area contributed by atoms with Gasteiger partial charge in [-0.05, 0) is 37.2 Å². The topological polar surface area (TPSA) is 43.8 Å². The van der Waals surface area contributed by atoms with Crippen LogP contribution in [0, 0.1) is 11.8 Å². The number of aromatic nitrogens is 2. The molecule has 0 bridgehead atoms. The van der Waals surface area contributed by atoms with Crippen LogP contribution in [0.1, 0.15) is 25.5 Å². The summed E-state index contributed by atoms with van der Waals surface area (Å²) in [4.78, 5) is 0. The van der Waals surface area contributed by atoms with Gasteiger partial charge < -0.3 is 5.73 Å². The van der Waals surface area contributed by atoms with Gasteiger partial charge in [0, 0.05) is 19.3 Å². The summed E-state index contributed by atoms with van der Waals surface area (Å²) in [6, 6.07) is 2.51. The van der Waals surface area contributed by atoms with E-state index >= 15 is 0 Å². The molecule has 3 heteroatoms. The van der Waals surface area contributed by atoms with Gasteiger partial charge in [-0.15, -0.1) is 0 Å². The molecule has 2 N–H and O–H groups in total. The van der Waals surface area contributed by atoms with E-state index in [0.717, 1.165) is 12.3 Å². The van der Waals surface area contributed by atoms with Gasteiger partial charge in [0.15, 0.2) is 0 Å². The zero-order chi connectivity index (χ0) is 10.1. The number of nitrogens with two attached hydrogens (primary N) is 1. The molecule has 14 heavy (non-hydrogen) atoms. The van der Waals surface area contributed by atoms with Crippen LogP contribution in [-0.2, 0) is 13.5 Å². The molecule has 3 unspecified atom stereocenters. The highest BCUT2D eigenvalue weighted by molar-refractivity contribution is 5.02. The Balaban J connectivity index is 1.98. The maximum absolute atomic E-state index is 6.00. The second-order valence-electron chi connectivity index (χ2n) is 4.55. The molecule has 2 rings (SSSR count). The quantitative estimate of drug-likeness (QED) is 0.770. The van der Waals surface area contributed by atoms with Crippen molar-refractivity contribution in [2.45, 2.75) is 32.2 Å². The average molecular weight is 193 g/mol. The maximum Gasteiger partial charge on any atom is 0.0627 e. The molecule has 1 aliphatic rings. The van der Waals surface area contributed by atoms with Gasteiger partial charge in [0.25, 0.3) is 0 Å². The summed E-state index contributed by atoms with van der Waals surface area (Å²) < 4.78 is 1.87. The van der Waals surface area contributed by atoms with Crippen LogP contribution in [0.4, 0.5) is 0 Å². The zero-order valence-electron chi connectivity index (χ0n) is 8.98. The minimum atomic E-state index is 0.406. The molecule has 0 aliphatic heterocycles. The van der Waals surface area contributed by atoms with Gasteiger partial charge in [-0.25, -0.2) is 0 Å². The van der Waals surface area contributed by atoms with E-state index in [2.05, 4.69) is 18.1 Å². The van der Waals surface area contributed by atoms with Gasteiger partial charge >= 0.3 is 0 Å². The SMILES string of the molecule is CC1C(N)CCC1Cc1ccn(C)n1. The minimum Gasteiger partial charge on any atom is -0.327 e. The van der Waals surface area contributed by atoms with Crippen molar-refractivity contribution >= 4 is 0 Å². The number of nitrogens with zero attached hydrogens (tertiary/aromatic N) is 2. The first-order chi connectivity index (χ1) is 6.66. The van der Waals surface area contributed by atoms with Crippen LogP contribution in [0.3, 0.4) is 0 Å². The van der Waals surface area contributed by atoms with E-state index in [4.69, 9.17) is 5.73 Å². The molecule has 1 saturated carbocycles. The lowest BCUT2D eigenvalue weighted by molar-refractivity contribution is 0.386. The Labute approximate surface area is 85.3 Å². The summed E-state index contributed by atoms with van der Waals surface area (Å²) in [5.41, 5.74) is 7.21. The van der Waals surface area contributed by atoms with E-state index in [1.54, 1.807) is 0 Å². The average Bonchev–Trinajstić information content (AvgIpc) is 2.67. The third kappa shape index (κ3) is 1.82. The van der Waals surface area contributed by atoms with Gasteiger partial charge in [0.1, 0.15) is 0 Å². The molecule has 1 aromatic rings. The van der Waals surface area contributed by atoms with Gasteiger partial charge in [-0.3, -0.25) is 4.68 Å². The highest BCUT2D eigenvalue weighted by Crippen LogP contribution is 2.32. The van der Waals surface area contributed by atoms with E-state index in [-0.39, 0.29) is 0 Å². The molecule has 3 nitrogen and oxygen atoms in total. The molecule has 1 heterocycles. The molecule has 0 amide bonds. The summed E-state index contributed by atoms with van der Waals surface area (Å²) in [6.07, 6.45) is 5.54. The fraction of sp³-hybridized carbons (Fsp3) is 0.727. The van der Waals surface area contributed by atoms with E-state index in [1.807, 2.05) is 17.9 Å². The maximum atomic E-state index is 6.00. The van der Waals surface area contributed by atoms with Crippen molar-refractivity contribution in [3.63, 3.8) is 0 Å². The highest BCUT2D eigenvalue weighted by Gasteiger charge is 2.30. The number of hydrogen-bond donors (Lipinski definition) is 1. The Kier molecular flexibility index (Phi) is 2.59. The van der Waals surface area contributed by atoms with Gasteiger partial charge in [0.2, 0.25) is 0 Å². The van der Waals surface area contributed by atoms with Crippen molar-refractivity contribution in [2.24, 2.45) is 24.6 Å². The largest absolute Gasteiger partial charge is 0.327 e. The van der Waals surface area contributed by atoms with Gasteiger partial charge in [-0.1, -0.05) is 6.92 Å². The molecule has 3 atom stereocenters. The Morgan fingerprint density at radius 3 is 2.86 bits per heavy atom. The fourth-order valence-corrected chi connectivity index (χ4v) is 2.41. The van der Waals surface area contributed by atoms with Gasteiger partial charge in [0.05, 0.1) is 5.69 Å². The first kappa shape index (κ1) is 9.71. The van der Waals surface area contributed by atoms with Crippen LogP contribution in [0.15, 0.2) is 12.3 Å². The summed E-state index contributed by atoms with van der Waals surface area (Å²) in [7, 11) is 1.97. The molecule has 0 radical (unpaired) electrons. The van der Waals surface area contributed by atoms with Crippen LogP contribution in [-0.4, -0.2) is 15.8 Å². The molecular weight excluding hydrogens is 174 g/mol. The lowest BCUT2D eigenvalue weighted by Crippen LogP contribution is -2.25. The lowest BCUT2D eigenvalue weighted by Gasteiger charge is -2.16. The van der Waals surface area contributed by atoms with Crippen molar-refractivity contribution in [3.8, 4) is 0 Å². The van der Waals surface area contributed by atoms with E-state index < -0.39 is 0 Å². The standard InChI is InChI=1S/C11H19N3/c1-8-9(3-4-11(8)12)7-10-5-6-14(2)13-10/h5-6,8-9,11H,3-4,7,12H2,1-2H3. The van der Waals surface area contributed by atoms with E-state index in [1.165, 1.54) is 18.5 Å². The van der Waals surface area contributed by atoms with E-state index in [9.17, 15) is 0 Å². The smallest absolute Gasteiger partial charge is 0.0627 e. The molecule has 1 aliphatic carbocycles. The molecular formula is C11H19N3. The normalized spacial score (nSPS) is 32.4. The van der Waals surface area contributed by atoms with Crippen LogP contribution >= 0.6 is 0 Å². The third-order valence-electron chi connectivity index (χ3n) is 3.53. The zero-order valence-corrected chi connectivity index (χ0v) is 8.98. The predicted molar refractivity (Wildman–Crippen MR) is 56.8 cm³/mol. The monoisotopic (exact) mass is 193 g/mol. The van der Waals surface area contributed by atoms with Crippen LogP contribution in [0.5, 0.6) is 0 Å². The van der Waals surface area contributed by atoms with Crippen LogP contribution in [0.2, 0.25) is 0 Å². The summed E-state index contributed by atoms with van der Waals surface area (Å²) in [5, 5.41) is 4.41. The van der Waals surface area contributed by atoms with Gasteiger partial charge in [-0.2, -0.15) is 5.10 Å². The molecule has 1 fully saturated rings. The first-order valence-electron chi connectivity index (χ1n) is 5.41. The Bertz CT molecular complexity index is 305. The molecule has 78 valence electrons. The number of aryl methyl sites for hydroxylation is 1. The van der Waals surface area contributed by atoms with Crippen molar-refractivity contribution in [2.75, 3.05) is 0 Å². The molecule has 1 aromatic heterocycles. The Morgan fingerprint density at radius 2 is 2.36 bits per heavy atom. The Hall–Kier alpha value is -0.830. The van der Waals surface area contributed by atoms with Crippen LogP contribution in [0.25, 0.3) is 0 Å². The van der Waals surface area contributed by atoms with Crippen molar-refractivity contribution < 1.29 is 0 Å². The number of hydrogen-bond acceptors (Lipinski definition) is 2. The second-order valence-corrected chi connectivity index (χ2v) is 4.55. The first-order valence-corrected chi connectivity index (χ1v) is 5.41. The second kappa shape index (κ2) is 3.73. The Morgan fingerprint density at radius 1 is 1.57 bits per heavy atom. The van der Waals surface area contributed by atoms with Crippen molar-refractivity contribution in [1.29, 1.82) is 0 Å². The van der Waals surface area contributed by atoms with E-state index in [0.29, 0.717) is 12.0 Å². The summed E-state index contributed by atoms with van der Waals surface area (Å²) in [5.74, 6) is 1.39. The summed E-state index contributed by atoms with van der Waals surface area (Å²) in [6.45, 7) is 2.27. The highest BCUT2D eigenvalue weighted by atomic mass is 15.2. The molecule has 0 spiro atoms. The van der Waals surface area contributed by atoms with Crippen molar-refractivity contribution in [3.05, 3.63) is 18.0 Å². The predicted octanol–water partition coefficient (Wildman–Crippen LogP) is 1.34. The number of rotatable bonds is 2. The fourth-order valence-electron chi connectivity index (χ4n) is 2.41.